The molecule has 3 aromatic carbocycles. The van der Waals surface area contributed by atoms with Crippen LogP contribution < -0.4 is 31.1 Å². The molecule has 4 heterocycles. The Labute approximate surface area is 346 Å². The summed E-state index contributed by atoms with van der Waals surface area (Å²) in [6.07, 6.45) is 0. The molecule has 0 radical (unpaired) electrons. The monoisotopic (exact) mass is 850 g/mol. The largest absolute Gasteiger partial charge is 0.478 e. The number of fused-ring (bicyclic) bond motifs is 2. The highest BCUT2D eigenvalue weighted by molar-refractivity contribution is 6.31. The Bertz CT molecular complexity index is 2390. The van der Waals surface area contributed by atoms with Gasteiger partial charge in [0.1, 0.15) is 39.8 Å². The van der Waals surface area contributed by atoms with Crippen LogP contribution in [0, 0.1) is 23.3 Å². The first-order valence-electron chi connectivity index (χ1n) is 18.3. The van der Waals surface area contributed by atoms with Crippen molar-refractivity contribution in [2.75, 3.05) is 74.8 Å². The fraction of sp³-hybridized carbons (Fsp3) is 0.256. The normalized spacial score (nSPS) is 13.2. The number of amides is 4. The number of carboxylic acids is 1. The van der Waals surface area contributed by atoms with Crippen molar-refractivity contribution in [1.82, 2.24) is 40.4 Å². The highest BCUT2D eigenvalue weighted by atomic mass is 35.5. The average Bonchev–Trinajstić information content (AvgIpc) is 3.19. The smallest absolute Gasteiger partial charge is 0.335 e. The van der Waals surface area contributed by atoms with Gasteiger partial charge in [0.2, 0.25) is 11.9 Å². The van der Waals surface area contributed by atoms with E-state index in [4.69, 9.17) is 11.6 Å². The van der Waals surface area contributed by atoms with Crippen molar-refractivity contribution in [3.63, 3.8) is 0 Å². The molecule has 4 amide bonds. The van der Waals surface area contributed by atoms with Crippen LogP contribution >= 0.6 is 11.6 Å². The highest BCUT2D eigenvalue weighted by Gasteiger charge is 2.35. The third-order valence-electron chi connectivity index (χ3n) is 8.99. The van der Waals surface area contributed by atoms with Crippen LogP contribution in [0.3, 0.4) is 0 Å². The van der Waals surface area contributed by atoms with Crippen LogP contribution in [0.5, 0.6) is 0 Å². The molecule has 5 N–H and O–H groups in total. The number of carboxylic acid groups (broad SMARTS) is 1. The molecule has 2 aromatic heterocycles. The molecule has 0 fully saturated rings. The van der Waals surface area contributed by atoms with Crippen LogP contribution in [0.1, 0.15) is 21.5 Å². The van der Waals surface area contributed by atoms with E-state index < -0.39 is 52.7 Å². The van der Waals surface area contributed by atoms with E-state index in [0.717, 1.165) is 34.1 Å². The van der Waals surface area contributed by atoms with Crippen molar-refractivity contribution in [2.45, 2.75) is 13.1 Å². The number of rotatable bonds is 12. The summed E-state index contributed by atoms with van der Waals surface area (Å²) in [6.45, 7) is 2.47. The van der Waals surface area contributed by atoms with Crippen LogP contribution in [0.25, 0.3) is 11.3 Å². The number of nitrogens with zero attached hydrogens (tertiary/aromatic N) is 8. The first-order chi connectivity index (χ1) is 28.6. The van der Waals surface area contributed by atoms with E-state index in [2.05, 4.69) is 41.2 Å². The van der Waals surface area contributed by atoms with Crippen molar-refractivity contribution >= 4 is 64.5 Å². The molecule has 16 nitrogen and oxygen atoms in total. The van der Waals surface area contributed by atoms with Gasteiger partial charge < -0.3 is 36.2 Å². The maximum absolute atomic E-state index is 14.7. The summed E-state index contributed by atoms with van der Waals surface area (Å²) >= 11 is 6.20. The summed E-state index contributed by atoms with van der Waals surface area (Å²) in [7, 11) is 7.63. The van der Waals surface area contributed by atoms with Gasteiger partial charge in [0, 0.05) is 37.3 Å². The fourth-order valence-corrected chi connectivity index (χ4v) is 6.28. The van der Waals surface area contributed by atoms with Crippen LogP contribution in [0.2, 0.25) is 5.15 Å². The van der Waals surface area contributed by atoms with Gasteiger partial charge in [-0.25, -0.2) is 51.7 Å². The molecule has 5 aromatic rings. The second-order valence-electron chi connectivity index (χ2n) is 13.8. The molecule has 0 atom stereocenters. The van der Waals surface area contributed by atoms with Crippen LogP contribution in [0.15, 0.2) is 60.7 Å². The number of nitrogens with one attached hydrogen (secondary N) is 4. The SMILES string of the molecule is CN(C)CCNc1nc(-c2ccc(C(=O)O)cc2)c2c(n1)N(c1c(F)cccc1F)C(=O)NC2.CN(C)CCNc1nc(Cl)c2c(n1)N(c1c(F)cccc1F)C(=O)NC2. The van der Waals surface area contributed by atoms with E-state index in [9.17, 15) is 37.1 Å². The highest BCUT2D eigenvalue weighted by Crippen LogP contribution is 2.39. The minimum atomic E-state index is -1.07. The molecule has 0 saturated heterocycles. The van der Waals surface area contributed by atoms with E-state index >= 15 is 0 Å². The standard InChI is InChI=1S/C23H22F2N6O3.C16H17ClF2N6O/c1-30(2)11-10-26-22-28-18(13-6-8-14(9-7-13)21(32)33)15-12-27-23(34)31(20(15)29-22)19-16(24)4-3-5-17(19)25;1-24(2)7-6-20-15-22-13(17)9-8-21-16(26)25(14(9)23-15)12-10(18)4-3-5-11(12)19/h3-9H,10-12H2,1-2H3,(H,27,34)(H,32,33)(H,26,28,29);3-5H,6-8H2,1-2H3,(H,21,26)(H,20,22,23). The molecule has 0 saturated carbocycles. The molecule has 0 bridgehead atoms. The third-order valence-corrected chi connectivity index (χ3v) is 9.31. The van der Waals surface area contributed by atoms with E-state index in [-0.39, 0.29) is 47.3 Å². The number of likely N-dealkylation sites (N-methyl/N-ethyl adjacent to an activating group) is 2. The molecule has 0 spiro atoms. The van der Waals surface area contributed by atoms with Gasteiger partial charge in [-0.15, -0.1) is 0 Å². The Morgan fingerprint density at radius 3 is 1.58 bits per heavy atom. The number of aromatic nitrogens is 4. The van der Waals surface area contributed by atoms with Gasteiger partial charge in [-0.1, -0.05) is 35.9 Å². The summed E-state index contributed by atoms with van der Waals surface area (Å²) in [5.41, 5.74) is 0.807. The number of aromatic carboxylic acids is 1. The average molecular weight is 851 g/mol. The van der Waals surface area contributed by atoms with E-state index in [1.54, 1.807) is 12.1 Å². The number of anilines is 6. The summed E-state index contributed by atoms with van der Waals surface area (Å²) in [4.78, 5) is 59.4. The van der Waals surface area contributed by atoms with E-state index in [0.29, 0.717) is 48.6 Å². The first kappa shape index (κ1) is 43.0. The molecule has 2 aliphatic rings. The number of carbonyl (C=O) groups is 3. The molecular formula is C39H39ClF4N12O4. The van der Waals surface area contributed by atoms with Gasteiger partial charge in [-0.05, 0) is 64.6 Å². The van der Waals surface area contributed by atoms with Crippen LogP contribution in [-0.2, 0) is 13.1 Å². The molecule has 60 heavy (non-hydrogen) atoms. The predicted octanol–water partition coefficient (Wildman–Crippen LogP) is 6.20. The topological polar surface area (TPSA) is 184 Å². The van der Waals surface area contributed by atoms with Gasteiger partial charge in [0.25, 0.3) is 0 Å². The number of para-hydroxylation sites is 2. The Morgan fingerprint density at radius 1 is 0.700 bits per heavy atom. The summed E-state index contributed by atoms with van der Waals surface area (Å²) in [5.74, 6) is -4.27. The molecule has 0 unspecified atom stereocenters. The molecular weight excluding hydrogens is 812 g/mol. The van der Waals surface area contributed by atoms with Gasteiger partial charge in [0.15, 0.2) is 11.6 Å². The second-order valence-corrected chi connectivity index (χ2v) is 14.2. The van der Waals surface area contributed by atoms with Crippen molar-refractivity contribution in [2.24, 2.45) is 0 Å². The van der Waals surface area contributed by atoms with Crippen molar-refractivity contribution in [3.8, 4) is 11.3 Å². The van der Waals surface area contributed by atoms with Gasteiger partial charge >= 0.3 is 18.0 Å². The van der Waals surface area contributed by atoms with Gasteiger partial charge in [0.05, 0.1) is 29.9 Å². The molecule has 21 heteroatoms. The van der Waals surface area contributed by atoms with Crippen LogP contribution in [0.4, 0.5) is 62.1 Å². The van der Waals surface area contributed by atoms with Crippen molar-refractivity contribution in [1.29, 1.82) is 0 Å². The number of urea groups is 2. The zero-order valence-corrected chi connectivity index (χ0v) is 33.4. The zero-order valence-electron chi connectivity index (χ0n) is 32.7. The first-order valence-corrected chi connectivity index (χ1v) is 18.6. The Morgan fingerprint density at radius 2 is 1.13 bits per heavy atom. The quantitative estimate of drug-likeness (QED) is 0.0709. The van der Waals surface area contributed by atoms with Gasteiger partial charge in [-0.3, -0.25) is 0 Å². The summed E-state index contributed by atoms with van der Waals surface area (Å²) in [5, 5.41) is 20.5. The lowest BCUT2D eigenvalue weighted by Gasteiger charge is -2.30. The number of carbonyl (C=O) groups excluding carboxylic acids is 2. The third kappa shape index (κ3) is 9.46. The van der Waals surface area contributed by atoms with Gasteiger partial charge in [-0.2, -0.15) is 9.97 Å². The summed E-state index contributed by atoms with van der Waals surface area (Å²) in [6, 6.07) is 11.3. The Balaban J connectivity index is 0.000000209. The molecule has 314 valence electrons. The second kappa shape index (κ2) is 18.5. The maximum atomic E-state index is 14.7. The number of halogens is 5. The van der Waals surface area contributed by atoms with Crippen molar-refractivity contribution < 1.29 is 37.1 Å². The Kier molecular flexibility index (Phi) is 13.3. The predicted molar refractivity (Wildman–Crippen MR) is 217 cm³/mol. The summed E-state index contributed by atoms with van der Waals surface area (Å²) < 4.78 is 57.8. The minimum Gasteiger partial charge on any atom is -0.478 e. The number of hydrogen-bond donors (Lipinski definition) is 5. The van der Waals surface area contributed by atoms with E-state index in [1.807, 2.05) is 38.0 Å². The molecule has 2 aliphatic heterocycles. The maximum Gasteiger partial charge on any atom is 0.335 e. The lowest BCUT2D eigenvalue weighted by molar-refractivity contribution is 0.0696. The lowest BCUT2D eigenvalue weighted by Crippen LogP contribution is -2.43. The Hall–Kier alpha value is -6.64. The van der Waals surface area contributed by atoms with Crippen LogP contribution in [-0.4, -0.2) is 107 Å². The fourth-order valence-electron chi connectivity index (χ4n) is 6.05. The lowest BCUT2D eigenvalue weighted by atomic mass is 10.0. The minimum absolute atomic E-state index is 0.0226. The molecule has 0 aliphatic carbocycles. The van der Waals surface area contributed by atoms with Crippen molar-refractivity contribution in [3.05, 3.63) is 106 Å². The zero-order chi connectivity index (χ0) is 43.2. The molecule has 7 rings (SSSR count). The number of hydrogen-bond acceptors (Lipinski definition) is 11. The van der Waals surface area contributed by atoms with E-state index in [1.165, 1.54) is 24.3 Å². The number of benzene rings is 3.